The smallest absolute Gasteiger partial charge is 0.152 e. The Morgan fingerprint density at radius 2 is 2.40 bits per heavy atom. The molecule has 1 aromatic heterocycles. The van der Waals surface area contributed by atoms with Crippen LogP contribution in [0.15, 0.2) is 12.3 Å². The standard InChI is InChI=1S/C11H14ClN3/c12-8-5-10-11(14-6-8)15-4-2-1-3-9(15)7-13-10/h5-6,9,13H,1-4,7H2. The number of halogens is 1. The summed E-state index contributed by atoms with van der Waals surface area (Å²) >= 11 is 5.93. The zero-order valence-corrected chi connectivity index (χ0v) is 9.30. The van der Waals surface area contributed by atoms with E-state index in [0.29, 0.717) is 11.1 Å². The quantitative estimate of drug-likeness (QED) is 0.733. The van der Waals surface area contributed by atoms with Gasteiger partial charge in [0.1, 0.15) is 0 Å². The predicted molar refractivity (Wildman–Crippen MR) is 62.7 cm³/mol. The van der Waals surface area contributed by atoms with Crippen molar-refractivity contribution in [1.82, 2.24) is 4.98 Å². The first-order valence-corrected chi connectivity index (χ1v) is 5.88. The Morgan fingerprint density at radius 1 is 1.47 bits per heavy atom. The van der Waals surface area contributed by atoms with E-state index in [0.717, 1.165) is 24.6 Å². The molecule has 3 rings (SSSR count). The van der Waals surface area contributed by atoms with E-state index in [1.165, 1.54) is 19.3 Å². The molecule has 0 radical (unpaired) electrons. The van der Waals surface area contributed by atoms with Crippen LogP contribution in [0.1, 0.15) is 19.3 Å². The third-order valence-electron chi connectivity index (χ3n) is 3.26. The van der Waals surface area contributed by atoms with Crippen LogP contribution in [0.5, 0.6) is 0 Å². The topological polar surface area (TPSA) is 28.2 Å². The maximum Gasteiger partial charge on any atom is 0.152 e. The predicted octanol–water partition coefficient (Wildman–Crippen LogP) is 2.52. The second kappa shape index (κ2) is 3.56. The maximum atomic E-state index is 5.93. The van der Waals surface area contributed by atoms with Gasteiger partial charge >= 0.3 is 0 Å². The van der Waals surface area contributed by atoms with E-state index in [2.05, 4.69) is 15.2 Å². The van der Waals surface area contributed by atoms with E-state index in [-0.39, 0.29) is 0 Å². The molecule has 2 aliphatic rings. The lowest BCUT2D eigenvalue weighted by Crippen LogP contribution is -2.47. The Kier molecular flexibility index (Phi) is 2.20. The zero-order chi connectivity index (χ0) is 10.3. The van der Waals surface area contributed by atoms with Crippen molar-refractivity contribution in [2.75, 3.05) is 23.3 Å². The molecule has 0 aromatic carbocycles. The average molecular weight is 224 g/mol. The third kappa shape index (κ3) is 1.55. The largest absolute Gasteiger partial charge is 0.380 e. The fourth-order valence-electron chi connectivity index (χ4n) is 2.51. The lowest BCUT2D eigenvalue weighted by Gasteiger charge is -2.41. The molecule has 0 amide bonds. The van der Waals surface area contributed by atoms with Gasteiger partial charge in [0, 0.05) is 25.3 Å². The highest BCUT2D eigenvalue weighted by atomic mass is 35.5. The molecule has 1 saturated heterocycles. The van der Waals surface area contributed by atoms with Crippen LogP contribution < -0.4 is 10.2 Å². The van der Waals surface area contributed by atoms with Gasteiger partial charge in [-0.15, -0.1) is 0 Å². The van der Waals surface area contributed by atoms with Crippen molar-refractivity contribution in [1.29, 1.82) is 0 Å². The highest BCUT2D eigenvalue weighted by Gasteiger charge is 2.29. The molecule has 3 nitrogen and oxygen atoms in total. The minimum atomic E-state index is 0.625. The first-order valence-electron chi connectivity index (χ1n) is 5.50. The van der Waals surface area contributed by atoms with Gasteiger partial charge in [-0.1, -0.05) is 11.6 Å². The highest BCUT2D eigenvalue weighted by Crippen LogP contribution is 2.34. The van der Waals surface area contributed by atoms with Gasteiger partial charge in [0.25, 0.3) is 0 Å². The molecular formula is C11H14ClN3. The van der Waals surface area contributed by atoms with E-state index in [4.69, 9.17) is 11.6 Å². The Labute approximate surface area is 94.4 Å². The lowest BCUT2D eigenvalue weighted by molar-refractivity contribution is 0.462. The van der Waals surface area contributed by atoms with Gasteiger partial charge in [0.2, 0.25) is 0 Å². The monoisotopic (exact) mass is 223 g/mol. The van der Waals surface area contributed by atoms with Crippen LogP contribution in [0, 0.1) is 0 Å². The van der Waals surface area contributed by atoms with Gasteiger partial charge in [-0.2, -0.15) is 0 Å². The zero-order valence-electron chi connectivity index (χ0n) is 8.54. The SMILES string of the molecule is Clc1cnc2c(c1)NCC1CCCCN21. The summed E-state index contributed by atoms with van der Waals surface area (Å²) in [6.07, 6.45) is 5.63. The number of aromatic nitrogens is 1. The number of pyridine rings is 1. The van der Waals surface area contributed by atoms with Crippen molar-refractivity contribution in [3.63, 3.8) is 0 Å². The minimum Gasteiger partial charge on any atom is -0.380 e. The van der Waals surface area contributed by atoms with Crippen LogP contribution >= 0.6 is 11.6 Å². The Balaban J connectivity index is 1.99. The van der Waals surface area contributed by atoms with Gasteiger partial charge < -0.3 is 10.2 Å². The summed E-state index contributed by atoms with van der Waals surface area (Å²) in [4.78, 5) is 6.86. The fourth-order valence-corrected chi connectivity index (χ4v) is 2.67. The average Bonchev–Trinajstić information content (AvgIpc) is 2.28. The van der Waals surface area contributed by atoms with Crippen molar-refractivity contribution in [3.05, 3.63) is 17.3 Å². The van der Waals surface area contributed by atoms with Crippen LogP contribution in [0.25, 0.3) is 0 Å². The molecule has 15 heavy (non-hydrogen) atoms. The number of anilines is 2. The molecule has 0 bridgehead atoms. The second-order valence-corrected chi connectivity index (χ2v) is 4.69. The van der Waals surface area contributed by atoms with Crippen molar-refractivity contribution in [3.8, 4) is 0 Å². The molecule has 1 atom stereocenters. The number of hydrogen-bond acceptors (Lipinski definition) is 3. The maximum absolute atomic E-state index is 5.93. The molecule has 0 spiro atoms. The van der Waals surface area contributed by atoms with E-state index in [9.17, 15) is 0 Å². The van der Waals surface area contributed by atoms with Crippen molar-refractivity contribution < 1.29 is 0 Å². The molecule has 0 saturated carbocycles. The summed E-state index contributed by atoms with van der Waals surface area (Å²) in [5.74, 6) is 1.08. The molecular weight excluding hydrogens is 210 g/mol. The van der Waals surface area contributed by atoms with E-state index in [1.54, 1.807) is 6.20 Å². The van der Waals surface area contributed by atoms with E-state index < -0.39 is 0 Å². The molecule has 0 aliphatic carbocycles. The number of hydrogen-bond donors (Lipinski definition) is 1. The van der Waals surface area contributed by atoms with Gasteiger partial charge in [-0.3, -0.25) is 0 Å². The summed E-state index contributed by atoms with van der Waals surface area (Å²) < 4.78 is 0. The number of rotatable bonds is 0. The molecule has 1 fully saturated rings. The first-order chi connectivity index (χ1) is 7.34. The third-order valence-corrected chi connectivity index (χ3v) is 3.47. The number of fused-ring (bicyclic) bond motifs is 3. The normalized spacial score (nSPS) is 24.1. The molecule has 1 unspecified atom stereocenters. The summed E-state index contributed by atoms with van der Waals surface area (Å²) in [7, 11) is 0. The van der Waals surface area contributed by atoms with Crippen LogP contribution in [0.4, 0.5) is 11.5 Å². The van der Waals surface area contributed by atoms with Crippen LogP contribution in [0.3, 0.4) is 0 Å². The van der Waals surface area contributed by atoms with Crippen molar-refractivity contribution in [2.24, 2.45) is 0 Å². The van der Waals surface area contributed by atoms with Crippen molar-refractivity contribution >= 4 is 23.1 Å². The van der Waals surface area contributed by atoms with Gasteiger partial charge in [0.15, 0.2) is 5.82 Å². The molecule has 3 heterocycles. The molecule has 1 aromatic rings. The Bertz CT molecular complexity index is 380. The Morgan fingerprint density at radius 3 is 3.33 bits per heavy atom. The fraction of sp³-hybridized carbons (Fsp3) is 0.545. The van der Waals surface area contributed by atoms with Gasteiger partial charge in [-0.25, -0.2) is 4.98 Å². The number of nitrogens with zero attached hydrogens (tertiary/aromatic N) is 2. The van der Waals surface area contributed by atoms with E-state index >= 15 is 0 Å². The second-order valence-electron chi connectivity index (χ2n) is 4.25. The van der Waals surface area contributed by atoms with Crippen LogP contribution in [-0.2, 0) is 0 Å². The minimum absolute atomic E-state index is 0.625. The summed E-state index contributed by atoms with van der Waals surface area (Å²) in [5.41, 5.74) is 1.08. The lowest BCUT2D eigenvalue weighted by atomic mass is 10.00. The number of nitrogens with one attached hydrogen (secondary N) is 1. The first kappa shape index (κ1) is 9.28. The van der Waals surface area contributed by atoms with Crippen LogP contribution in [0.2, 0.25) is 5.02 Å². The van der Waals surface area contributed by atoms with Gasteiger partial charge in [-0.05, 0) is 25.3 Å². The van der Waals surface area contributed by atoms with Crippen LogP contribution in [-0.4, -0.2) is 24.1 Å². The summed E-state index contributed by atoms with van der Waals surface area (Å²) in [6, 6.07) is 2.59. The molecule has 80 valence electrons. The highest BCUT2D eigenvalue weighted by molar-refractivity contribution is 6.30. The van der Waals surface area contributed by atoms with E-state index in [1.807, 2.05) is 6.07 Å². The molecule has 2 aliphatic heterocycles. The molecule has 4 heteroatoms. The molecule has 1 N–H and O–H groups in total. The van der Waals surface area contributed by atoms with Gasteiger partial charge in [0.05, 0.1) is 10.7 Å². The Hall–Kier alpha value is -0.960. The number of piperidine rings is 1. The summed E-state index contributed by atoms with van der Waals surface area (Å²) in [5, 5.41) is 4.12. The van der Waals surface area contributed by atoms with Crippen molar-refractivity contribution in [2.45, 2.75) is 25.3 Å². The summed E-state index contributed by atoms with van der Waals surface area (Å²) in [6.45, 7) is 2.16.